The first-order chi connectivity index (χ1) is 9.95. The van der Waals surface area contributed by atoms with Gasteiger partial charge in [0.15, 0.2) is 5.76 Å². The van der Waals surface area contributed by atoms with Crippen molar-refractivity contribution in [1.82, 2.24) is 0 Å². The van der Waals surface area contributed by atoms with Crippen molar-refractivity contribution in [1.29, 1.82) is 0 Å². The van der Waals surface area contributed by atoms with Gasteiger partial charge in [-0.05, 0) is 35.9 Å². The smallest absolute Gasteiger partial charge is 0.416 e. The summed E-state index contributed by atoms with van der Waals surface area (Å²) in [6.07, 6.45) is -2.94. The number of benzene rings is 2. The fourth-order valence-electron chi connectivity index (χ4n) is 2.06. The van der Waals surface area contributed by atoms with Crippen molar-refractivity contribution in [2.75, 3.05) is 0 Å². The predicted octanol–water partition coefficient (Wildman–Crippen LogP) is 4.32. The van der Waals surface area contributed by atoms with Crippen LogP contribution in [-0.4, -0.2) is 5.78 Å². The fourth-order valence-corrected chi connectivity index (χ4v) is 2.06. The lowest BCUT2D eigenvalue weighted by molar-refractivity contribution is -0.137. The molecular weight excluding hydrogens is 281 g/mol. The van der Waals surface area contributed by atoms with E-state index < -0.39 is 11.7 Å². The number of ketones is 1. The maximum absolute atomic E-state index is 12.5. The van der Waals surface area contributed by atoms with Crippen LogP contribution in [0.5, 0.6) is 5.75 Å². The molecule has 0 amide bonds. The summed E-state index contributed by atoms with van der Waals surface area (Å²) in [6.45, 7) is 0. The highest BCUT2D eigenvalue weighted by molar-refractivity contribution is 6.14. The van der Waals surface area contributed by atoms with Crippen LogP contribution in [0, 0.1) is 0 Å². The number of para-hydroxylation sites is 1. The van der Waals surface area contributed by atoms with E-state index in [0.29, 0.717) is 16.9 Å². The normalized spacial score (nSPS) is 16.0. The van der Waals surface area contributed by atoms with Gasteiger partial charge in [-0.25, -0.2) is 0 Å². The van der Waals surface area contributed by atoms with Gasteiger partial charge in [0, 0.05) is 0 Å². The van der Waals surface area contributed by atoms with Crippen LogP contribution >= 0.6 is 0 Å². The van der Waals surface area contributed by atoms with Crippen molar-refractivity contribution in [2.45, 2.75) is 6.18 Å². The van der Waals surface area contributed by atoms with Crippen molar-refractivity contribution in [3.8, 4) is 5.75 Å². The van der Waals surface area contributed by atoms with Crippen LogP contribution < -0.4 is 4.74 Å². The third-order valence-electron chi connectivity index (χ3n) is 3.11. The molecule has 0 saturated carbocycles. The summed E-state index contributed by atoms with van der Waals surface area (Å²) in [7, 11) is 0. The van der Waals surface area contributed by atoms with Gasteiger partial charge < -0.3 is 4.74 Å². The van der Waals surface area contributed by atoms with Crippen LogP contribution in [-0.2, 0) is 6.18 Å². The molecule has 0 saturated heterocycles. The zero-order valence-corrected chi connectivity index (χ0v) is 10.6. The molecule has 0 radical (unpaired) electrons. The molecule has 0 atom stereocenters. The van der Waals surface area contributed by atoms with Crippen molar-refractivity contribution >= 4 is 11.9 Å². The maximum Gasteiger partial charge on any atom is 0.416 e. The predicted molar refractivity (Wildman–Crippen MR) is 70.8 cm³/mol. The Labute approximate surface area is 118 Å². The van der Waals surface area contributed by atoms with Crippen molar-refractivity contribution in [2.24, 2.45) is 0 Å². The number of allylic oxidation sites excluding steroid dienone is 1. The third-order valence-corrected chi connectivity index (χ3v) is 3.11. The Morgan fingerprint density at radius 3 is 2.24 bits per heavy atom. The van der Waals surface area contributed by atoms with Crippen LogP contribution in [0.1, 0.15) is 21.5 Å². The van der Waals surface area contributed by atoms with E-state index in [1.165, 1.54) is 18.2 Å². The Hall–Kier alpha value is -2.56. The number of ether oxygens (including phenoxy) is 1. The molecule has 1 aliphatic rings. The highest BCUT2D eigenvalue weighted by Crippen LogP contribution is 2.32. The first-order valence-corrected chi connectivity index (χ1v) is 6.16. The minimum absolute atomic E-state index is 0.107. The Bertz CT molecular complexity index is 728. The summed E-state index contributed by atoms with van der Waals surface area (Å²) >= 11 is 0. The zero-order valence-electron chi connectivity index (χ0n) is 10.6. The van der Waals surface area contributed by atoms with Crippen LogP contribution in [0.2, 0.25) is 0 Å². The van der Waals surface area contributed by atoms with Gasteiger partial charge in [0.05, 0.1) is 11.1 Å². The highest BCUT2D eigenvalue weighted by atomic mass is 19.4. The molecule has 2 aromatic rings. The van der Waals surface area contributed by atoms with Gasteiger partial charge >= 0.3 is 6.18 Å². The maximum atomic E-state index is 12.5. The number of fused-ring (bicyclic) bond motifs is 1. The van der Waals surface area contributed by atoms with Gasteiger partial charge in [-0.3, -0.25) is 4.79 Å². The van der Waals surface area contributed by atoms with E-state index in [0.717, 1.165) is 12.1 Å². The number of hydrogen-bond acceptors (Lipinski definition) is 2. The van der Waals surface area contributed by atoms with Gasteiger partial charge in [0.25, 0.3) is 0 Å². The molecule has 0 spiro atoms. The largest absolute Gasteiger partial charge is 0.452 e. The zero-order chi connectivity index (χ0) is 15.0. The Morgan fingerprint density at radius 1 is 0.952 bits per heavy atom. The minimum Gasteiger partial charge on any atom is -0.452 e. The molecule has 0 bridgehead atoms. The molecular formula is C16H9F3O2. The molecule has 1 heterocycles. The molecule has 0 aromatic heterocycles. The molecule has 2 nitrogen and oxygen atoms in total. The average Bonchev–Trinajstić information content (AvgIpc) is 2.76. The lowest BCUT2D eigenvalue weighted by Crippen LogP contribution is -2.04. The number of carbonyl (C=O) groups is 1. The number of halogens is 3. The average molecular weight is 290 g/mol. The second kappa shape index (κ2) is 4.77. The van der Waals surface area contributed by atoms with Crippen LogP contribution in [0.25, 0.3) is 6.08 Å². The monoisotopic (exact) mass is 290 g/mol. The second-order valence-corrected chi connectivity index (χ2v) is 4.56. The van der Waals surface area contributed by atoms with Crippen molar-refractivity contribution in [3.05, 3.63) is 71.0 Å². The number of carbonyl (C=O) groups excluding carboxylic acids is 1. The van der Waals surface area contributed by atoms with Crippen LogP contribution in [0.3, 0.4) is 0 Å². The molecule has 106 valence electrons. The van der Waals surface area contributed by atoms with E-state index >= 15 is 0 Å². The molecule has 2 aromatic carbocycles. The number of alkyl halides is 3. The SMILES string of the molecule is O=C1/C(=C\c2ccc(C(F)(F)F)cc2)Oc2ccccc21. The lowest BCUT2D eigenvalue weighted by atomic mass is 10.1. The van der Waals surface area contributed by atoms with E-state index in [-0.39, 0.29) is 11.5 Å². The molecule has 0 aliphatic carbocycles. The Balaban J connectivity index is 1.89. The van der Waals surface area contributed by atoms with Gasteiger partial charge in [-0.1, -0.05) is 24.3 Å². The molecule has 5 heteroatoms. The summed E-state index contributed by atoms with van der Waals surface area (Å²) in [6, 6.07) is 11.3. The van der Waals surface area contributed by atoms with E-state index in [9.17, 15) is 18.0 Å². The first kappa shape index (κ1) is 13.4. The van der Waals surface area contributed by atoms with Crippen LogP contribution in [0.15, 0.2) is 54.3 Å². The van der Waals surface area contributed by atoms with Crippen molar-refractivity contribution in [3.63, 3.8) is 0 Å². The Morgan fingerprint density at radius 2 is 1.62 bits per heavy atom. The number of hydrogen-bond donors (Lipinski definition) is 0. The molecule has 1 aliphatic heterocycles. The topological polar surface area (TPSA) is 26.3 Å². The van der Waals surface area contributed by atoms with E-state index in [2.05, 4.69) is 0 Å². The molecule has 0 fully saturated rings. The first-order valence-electron chi connectivity index (χ1n) is 6.16. The number of Topliss-reactive ketones (excluding diaryl/α,β-unsaturated/α-hetero) is 1. The van der Waals surface area contributed by atoms with E-state index in [1.54, 1.807) is 24.3 Å². The number of rotatable bonds is 1. The van der Waals surface area contributed by atoms with E-state index in [1.807, 2.05) is 0 Å². The summed E-state index contributed by atoms with van der Waals surface area (Å²) in [5, 5.41) is 0. The Kier molecular flexibility index (Phi) is 3.05. The second-order valence-electron chi connectivity index (χ2n) is 4.56. The quantitative estimate of drug-likeness (QED) is 0.731. The summed E-state index contributed by atoms with van der Waals surface area (Å²) in [4.78, 5) is 12.1. The third kappa shape index (κ3) is 2.54. The van der Waals surface area contributed by atoms with Gasteiger partial charge in [-0.2, -0.15) is 13.2 Å². The minimum atomic E-state index is -4.37. The van der Waals surface area contributed by atoms with E-state index in [4.69, 9.17) is 4.74 Å². The summed E-state index contributed by atoms with van der Waals surface area (Å²) in [5.41, 5.74) is 0.196. The van der Waals surface area contributed by atoms with Gasteiger partial charge in [0.1, 0.15) is 5.75 Å². The fraction of sp³-hybridized carbons (Fsp3) is 0.0625. The molecule has 0 unspecified atom stereocenters. The summed E-state index contributed by atoms with van der Waals surface area (Å²) < 4.78 is 42.8. The van der Waals surface area contributed by atoms with Gasteiger partial charge in [-0.15, -0.1) is 0 Å². The van der Waals surface area contributed by atoms with Gasteiger partial charge in [0.2, 0.25) is 5.78 Å². The summed E-state index contributed by atoms with van der Waals surface area (Å²) in [5.74, 6) is 0.294. The molecule has 3 rings (SSSR count). The highest BCUT2D eigenvalue weighted by Gasteiger charge is 2.30. The molecule has 21 heavy (non-hydrogen) atoms. The molecule has 0 N–H and O–H groups in total. The standard InChI is InChI=1S/C16H9F3O2/c17-16(18,19)11-7-5-10(6-8-11)9-14-15(20)12-3-1-2-4-13(12)21-14/h1-9H/b14-9+. The lowest BCUT2D eigenvalue weighted by Gasteiger charge is -2.06. The van der Waals surface area contributed by atoms with Crippen LogP contribution in [0.4, 0.5) is 13.2 Å². The van der Waals surface area contributed by atoms with Crippen molar-refractivity contribution < 1.29 is 22.7 Å².